The molecule has 0 aromatic heterocycles. The van der Waals surface area contributed by atoms with Gasteiger partial charge in [-0.1, -0.05) is 47.5 Å². The van der Waals surface area contributed by atoms with Gasteiger partial charge in [0.2, 0.25) is 5.91 Å². The minimum atomic E-state index is -0.0663. The van der Waals surface area contributed by atoms with Gasteiger partial charge in [0.05, 0.1) is 6.04 Å². The van der Waals surface area contributed by atoms with Gasteiger partial charge in [0.25, 0.3) is 0 Å². The van der Waals surface area contributed by atoms with Crippen molar-refractivity contribution < 1.29 is 9.53 Å². The van der Waals surface area contributed by atoms with Crippen LogP contribution in [0.15, 0.2) is 48.5 Å². The number of amides is 1. The predicted octanol–water partition coefficient (Wildman–Crippen LogP) is 4.51. The van der Waals surface area contributed by atoms with E-state index in [2.05, 4.69) is 5.32 Å². The van der Waals surface area contributed by atoms with Crippen molar-refractivity contribution in [3.05, 3.63) is 64.1 Å². The summed E-state index contributed by atoms with van der Waals surface area (Å²) < 4.78 is 5.61. The second-order valence-electron chi connectivity index (χ2n) is 5.33. The van der Waals surface area contributed by atoms with Crippen molar-refractivity contribution in [2.75, 3.05) is 6.61 Å². The van der Waals surface area contributed by atoms with E-state index in [1.807, 2.05) is 43.3 Å². The number of ether oxygens (including phenoxy) is 1. The summed E-state index contributed by atoms with van der Waals surface area (Å²) in [5, 5.41) is 4.10. The largest absolute Gasteiger partial charge is 0.491 e. The van der Waals surface area contributed by atoms with Crippen molar-refractivity contribution in [1.29, 1.82) is 0 Å². The normalized spacial score (nSPS) is 11.8. The Balaban J connectivity index is 1.73. The fraction of sp³-hybridized carbons (Fsp3) is 0.278. The van der Waals surface area contributed by atoms with E-state index in [9.17, 15) is 4.79 Å². The molecule has 0 aliphatic carbocycles. The Morgan fingerprint density at radius 2 is 1.91 bits per heavy atom. The van der Waals surface area contributed by atoms with E-state index >= 15 is 0 Å². The van der Waals surface area contributed by atoms with Crippen LogP contribution in [0.2, 0.25) is 10.0 Å². The molecule has 1 amide bonds. The molecule has 2 aromatic rings. The minimum absolute atomic E-state index is 0.0276. The van der Waals surface area contributed by atoms with Crippen molar-refractivity contribution in [1.82, 2.24) is 5.32 Å². The fourth-order valence-corrected chi connectivity index (χ4v) is 2.60. The zero-order valence-electron chi connectivity index (χ0n) is 12.9. The zero-order chi connectivity index (χ0) is 16.7. The third kappa shape index (κ3) is 6.12. The molecule has 0 fully saturated rings. The molecular formula is C18H19Cl2NO2. The van der Waals surface area contributed by atoms with Crippen LogP contribution < -0.4 is 10.1 Å². The van der Waals surface area contributed by atoms with Gasteiger partial charge in [-0.2, -0.15) is 0 Å². The Kier molecular flexibility index (Phi) is 6.75. The van der Waals surface area contributed by atoms with Crippen LogP contribution >= 0.6 is 23.2 Å². The number of aryl methyl sites for hydroxylation is 1. The fourth-order valence-electron chi connectivity index (χ4n) is 2.10. The Bertz CT molecular complexity index is 647. The van der Waals surface area contributed by atoms with Crippen LogP contribution in [0.3, 0.4) is 0 Å². The number of rotatable bonds is 7. The van der Waals surface area contributed by atoms with Crippen molar-refractivity contribution in [3.8, 4) is 5.75 Å². The summed E-state index contributed by atoms with van der Waals surface area (Å²) in [6.45, 7) is 2.34. The minimum Gasteiger partial charge on any atom is -0.491 e. The van der Waals surface area contributed by atoms with Crippen LogP contribution in [0.1, 0.15) is 18.9 Å². The van der Waals surface area contributed by atoms with Gasteiger partial charge in [0, 0.05) is 16.5 Å². The van der Waals surface area contributed by atoms with Crippen molar-refractivity contribution in [2.45, 2.75) is 25.8 Å². The molecule has 5 heteroatoms. The third-order valence-electron chi connectivity index (χ3n) is 3.29. The quantitative estimate of drug-likeness (QED) is 0.796. The molecule has 0 aliphatic heterocycles. The maximum Gasteiger partial charge on any atom is 0.220 e. The van der Waals surface area contributed by atoms with Crippen molar-refractivity contribution in [3.63, 3.8) is 0 Å². The molecule has 2 rings (SSSR count). The first-order chi connectivity index (χ1) is 11.0. The number of carbonyl (C=O) groups excluding carboxylic acids is 1. The second-order valence-corrected chi connectivity index (χ2v) is 6.17. The summed E-state index contributed by atoms with van der Waals surface area (Å²) in [5.41, 5.74) is 0.916. The highest BCUT2D eigenvalue weighted by molar-refractivity contribution is 6.35. The number of carbonyl (C=O) groups is 1. The van der Waals surface area contributed by atoms with Crippen molar-refractivity contribution >= 4 is 29.1 Å². The molecule has 23 heavy (non-hydrogen) atoms. The summed E-state index contributed by atoms with van der Waals surface area (Å²) in [7, 11) is 0. The lowest BCUT2D eigenvalue weighted by Crippen LogP contribution is -2.36. The first kappa shape index (κ1) is 17.6. The summed E-state index contributed by atoms with van der Waals surface area (Å²) in [5.74, 6) is 0.765. The number of nitrogens with one attached hydrogen (secondary N) is 1. The molecule has 3 nitrogen and oxygen atoms in total. The maximum atomic E-state index is 12.0. The summed E-state index contributed by atoms with van der Waals surface area (Å²) >= 11 is 12.0. The van der Waals surface area contributed by atoms with E-state index in [1.165, 1.54) is 0 Å². The van der Waals surface area contributed by atoms with Gasteiger partial charge in [0.15, 0.2) is 0 Å². The molecule has 1 N–H and O–H groups in total. The van der Waals surface area contributed by atoms with Crippen LogP contribution in [0, 0.1) is 0 Å². The molecule has 0 unspecified atom stereocenters. The van der Waals surface area contributed by atoms with Gasteiger partial charge in [0.1, 0.15) is 12.4 Å². The van der Waals surface area contributed by atoms with E-state index in [0.717, 1.165) is 11.3 Å². The lowest BCUT2D eigenvalue weighted by atomic mass is 10.1. The maximum absolute atomic E-state index is 12.0. The van der Waals surface area contributed by atoms with E-state index in [-0.39, 0.29) is 11.9 Å². The molecule has 0 aliphatic rings. The molecular weight excluding hydrogens is 333 g/mol. The average Bonchev–Trinajstić information content (AvgIpc) is 2.53. The van der Waals surface area contributed by atoms with Gasteiger partial charge >= 0.3 is 0 Å². The molecule has 0 radical (unpaired) electrons. The average molecular weight is 352 g/mol. The number of benzene rings is 2. The van der Waals surface area contributed by atoms with Crippen LogP contribution in [0.5, 0.6) is 5.75 Å². The Morgan fingerprint density at radius 1 is 1.17 bits per heavy atom. The van der Waals surface area contributed by atoms with Gasteiger partial charge < -0.3 is 10.1 Å². The highest BCUT2D eigenvalue weighted by atomic mass is 35.5. The van der Waals surface area contributed by atoms with E-state index in [0.29, 0.717) is 29.5 Å². The SMILES string of the molecule is C[C@H](COc1ccccc1)NC(=O)CCc1ccc(Cl)cc1Cl. The topological polar surface area (TPSA) is 38.3 Å². The third-order valence-corrected chi connectivity index (χ3v) is 3.87. The second kappa shape index (κ2) is 8.80. The van der Waals surface area contributed by atoms with E-state index < -0.39 is 0 Å². The molecule has 2 aromatic carbocycles. The number of para-hydroxylation sites is 1. The molecule has 122 valence electrons. The first-order valence-corrected chi connectivity index (χ1v) is 8.21. The van der Waals surface area contributed by atoms with E-state index in [4.69, 9.17) is 27.9 Å². The van der Waals surface area contributed by atoms with Gasteiger partial charge in [-0.05, 0) is 43.2 Å². The summed E-state index contributed by atoms with van der Waals surface area (Å²) in [6, 6.07) is 14.8. The van der Waals surface area contributed by atoms with Gasteiger partial charge in [-0.3, -0.25) is 4.79 Å². The summed E-state index contributed by atoms with van der Waals surface area (Å²) in [4.78, 5) is 12.0. The van der Waals surface area contributed by atoms with Crippen LogP contribution in [-0.2, 0) is 11.2 Å². The van der Waals surface area contributed by atoms with Gasteiger partial charge in [-0.15, -0.1) is 0 Å². The Morgan fingerprint density at radius 3 is 2.61 bits per heavy atom. The molecule has 0 bridgehead atoms. The Labute approximate surface area is 146 Å². The molecule has 0 saturated heterocycles. The smallest absolute Gasteiger partial charge is 0.220 e. The lowest BCUT2D eigenvalue weighted by Gasteiger charge is -2.15. The molecule has 0 heterocycles. The molecule has 0 spiro atoms. The lowest BCUT2D eigenvalue weighted by molar-refractivity contribution is -0.121. The standard InChI is InChI=1S/C18H19Cl2NO2/c1-13(12-23-16-5-3-2-4-6-16)21-18(22)10-8-14-7-9-15(19)11-17(14)20/h2-7,9,11,13H,8,10,12H2,1H3,(H,21,22)/t13-/m1/s1. The number of hydrogen-bond donors (Lipinski definition) is 1. The number of hydrogen-bond acceptors (Lipinski definition) is 2. The van der Waals surface area contributed by atoms with Crippen LogP contribution in [-0.4, -0.2) is 18.6 Å². The van der Waals surface area contributed by atoms with Gasteiger partial charge in [-0.25, -0.2) is 0 Å². The predicted molar refractivity (Wildman–Crippen MR) is 94.3 cm³/mol. The monoisotopic (exact) mass is 351 g/mol. The first-order valence-electron chi connectivity index (χ1n) is 7.45. The van der Waals surface area contributed by atoms with Crippen LogP contribution in [0.25, 0.3) is 0 Å². The highest BCUT2D eigenvalue weighted by Gasteiger charge is 2.10. The molecule has 1 atom stereocenters. The summed E-state index contributed by atoms with van der Waals surface area (Å²) in [6.07, 6.45) is 0.950. The van der Waals surface area contributed by atoms with E-state index in [1.54, 1.807) is 12.1 Å². The highest BCUT2D eigenvalue weighted by Crippen LogP contribution is 2.22. The number of halogens is 2. The van der Waals surface area contributed by atoms with Crippen LogP contribution in [0.4, 0.5) is 0 Å². The Hall–Kier alpha value is -1.71. The zero-order valence-corrected chi connectivity index (χ0v) is 14.4. The van der Waals surface area contributed by atoms with Crippen molar-refractivity contribution in [2.24, 2.45) is 0 Å². The molecule has 0 saturated carbocycles.